The van der Waals surface area contributed by atoms with Crippen LogP contribution in [-0.4, -0.2) is 33.1 Å². The molecule has 0 aliphatic rings. The first-order valence-electron chi connectivity index (χ1n) is 4.72. The Morgan fingerprint density at radius 2 is 2.22 bits per heavy atom. The van der Waals surface area contributed by atoms with Crippen molar-refractivity contribution >= 4 is 5.82 Å². The van der Waals surface area contributed by atoms with Crippen LogP contribution in [0, 0.1) is 0 Å². The predicted molar refractivity (Wildman–Crippen MR) is 52.0 cm³/mol. The number of nitrogens with zero attached hydrogens (tertiary/aromatic N) is 3. The Bertz CT molecular complexity index is 521. The second-order valence-electron chi connectivity index (χ2n) is 3.32. The number of aromatic amines is 1. The summed E-state index contributed by atoms with van der Waals surface area (Å²) in [4.78, 5) is 3.82. The molecule has 0 unspecified atom stereocenters. The standard InChI is InChI=1S/C8H8F3N5O2/c9-8(10,11)3-17-2-5-14-7(18-16-5)4-1-13-15-6(4)12/h1H,2-3H2,(H3,12,13,15). The highest BCUT2D eigenvalue weighted by Crippen LogP contribution is 2.21. The molecule has 0 saturated carbocycles. The fraction of sp³-hybridized carbons (Fsp3) is 0.375. The van der Waals surface area contributed by atoms with Crippen LogP contribution in [-0.2, 0) is 11.3 Å². The summed E-state index contributed by atoms with van der Waals surface area (Å²) < 4.78 is 44.7. The van der Waals surface area contributed by atoms with E-state index in [1.165, 1.54) is 6.20 Å². The molecule has 10 heteroatoms. The van der Waals surface area contributed by atoms with E-state index in [9.17, 15) is 13.2 Å². The minimum Gasteiger partial charge on any atom is -0.383 e. The van der Waals surface area contributed by atoms with Crippen LogP contribution in [0.25, 0.3) is 11.5 Å². The molecule has 0 atom stereocenters. The van der Waals surface area contributed by atoms with E-state index >= 15 is 0 Å². The van der Waals surface area contributed by atoms with Crippen molar-refractivity contribution < 1.29 is 22.4 Å². The van der Waals surface area contributed by atoms with Crippen LogP contribution >= 0.6 is 0 Å². The molecule has 7 nitrogen and oxygen atoms in total. The maximum Gasteiger partial charge on any atom is 0.411 e. The van der Waals surface area contributed by atoms with Crippen LogP contribution in [0.1, 0.15) is 5.82 Å². The van der Waals surface area contributed by atoms with Crippen LogP contribution < -0.4 is 5.73 Å². The summed E-state index contributed by atoms with van der Waals surface area (Å²) in [6.07, 6.45) is -3.02. The van der Waals surface area contributed by atoms with E-state index in [1.807, 2.05) is 0 Å². The topological polar surface area (TPSA) is 103 Å². The summed E-state index contributed by atoms with van der Waals surface area (Å²) in [5.74, 6) is 0.281. The van der Waals surface area contributed by atoms with Crippen LogP contribution in [0.15, 0.2) is 10.7 Å². The average Bonchev–Trinajstić information content (AvgIpc) is 2.84. The van der Waals surface area contributed by atoms with E-state index < -0.39 is 19.4 Å². The van der Waals surface area contributed by atoms with Crippen molar-refractivity contribution in [2.45, 2.75) is 12.8 Å². The van der Waals surface area contributed by atoms with Gasteiger partial charge >= 0.3 is 6.18 Å². The zero-order chi connectivity index (χ0) is 13.2. The summed E-state index contributed by atoms with van der Waals surface area (Å²) in [5.41, 5.74) is 5.89. The zero-order valence-electron chi connectivity index (χ0n) is 8.86. The number of hydrogen-bond donors (Lipinski definition) is 2. The lowest BCUT2D eigenvalue weighted by atomic mass is 10.3. The van der Waals surface area contributed by atoms with E-state index in [0.29, 0.717) is 5.56 Å². The van der Waals surface area contributed by atoms with Crippen molar-refractivity contribution in [3.8, 4) is 11.5 Å². The molecule has 0 radical (unpaired) electrons. The van der Waals surface area contributed by atoms with E-state index in [2.05, 4.69) is 25.1 Å². The van der Waals surface area contributed by atoms with Crippen molar-refractivity contribution in [3.05, 3.63) is 12.0 Å². The van der Waals surface area contributed by atoms with Crippen LogP contribution in [0.3, 0.4) is 0 Å². The summed E-state index contributed by atoms with van der Waals surface area (Å²) in [7, 11) is 0. The number of nitrogens with one attached hydrogen (secondary N) is 1. The van der Waals surface area contributed by atoms with E-state index in [-0.39, 0.29) is 17.5 Å². The first-order chi connectivity index (χ1) is 8.46. The Hall–Kier alpha value is -2.10. The molecular weight excluding hydrogens is 255 g/mol. The largest absolute Gasteiger partial charge is 0.411 e. The average molecular weight is 263 g/mol. The fourth-order valence-corrected chi connectivity index (χ4v) is 1.15. The SMILES string of the molecule is Nc1[nH]ncc1-c1nc(COCC(F)(F)F)no1. The molecule has 3 N–H and O–H groups in total. The quantitative estimate of drug-likeness (QED) is 0.856. The molecule has 0 saturated heterocycles. The number of nitrogen functional groups attached to an aromatic ring is 1. The smallest absolute Gasteiger partial charge is 0.383 e. The van der Waals surface area contributed by atoms with Gasteiger partial charge in [-0.2, -0.15) is 23.3 Å². The molecule has 0 amide bonds. The Labute approximate surface area is 98.1 Å². The normalized spacial score (nSPS) is 11.9. The number of halogens is 3. The van der Waals surface area contributed by atoms with Crippen molar-refractivity contribution in [3.63, 3.8) is 0 Å². The Balaban J connectivity index is 1.97. The summed E-state index contributed by atoms with van der Waals surface area (Å²) in [6.45, 7) is -1.77. The summed E-state index contributed by atoms with van der Waals surface area (Å²) in [6, 6.07) is 0. The first-order valence-corrected chi connectivity index (χ1v) is 4.72. The van der Waals surface area contributed by atoms with Gasteiger partial charge in [0.15, 0.2) is 5.82 Å². The number of anilines is 1. The molecular formula is C8H8F3N5O2. The second kappa shape index (κ2) is 4.64. The van der Waals surface area contributed by atoms with Crippen molar-refractivity contribution in [1.29, 1.82) is 0 Å². The molecule has 0 aliphatic heterocycles. The molecule has 18 heavy (non-hydrogen) atoms. The highest BCUT2D eigenvalue weighted by Gasteiger charge is 2.27. The van der Waals surface area contributed by atoms with E-state index in [1.54, 1.807) is 0 Å². The third-order valence-corrected chi connectivity index (χ3v) is 1.86. The molecule has 2 heterocycles. The van der Waals surface area contributed by atoms with Crippen molar-refractivity contribution in [2.75, 3.05) is 12.3 Å². The molecule has 2 aromatic rings. The highest BCUT2D eigenvalue weighted by atomic mass is 19.4. The number of nitrogens with two attached hydrogens (primary N) is 1. The number of ether oxygens (including phenoxy) is 1. The summed E-state index contributed by atoms with van der Waals surface area (Å²) in [5, 5.41) is 9.56. The fourth-order valence-electron chi connectivity index (χ4n) is 1.15. The van der Waals surface area contributed by atoms with Gasteiger partial charge in [0, 0.05) is 0 Å². The van der Waals surface area contributed by atoms with E-state index in [0.717, 1.165) is 0 Å². The third kappa shape index (κ3) is 2.97. The number of alkyl halides is 3. The van der Waals surface area contributed by atoms with Gasteiger partial charge in [0.05, 0.1) is 6.20 Å². The molecule has 98 valence electrons. The molecule has 0 aliphatic carbocycles. The van der Waals surface area contributed by atoms with Gasteiger partial charge in [-0.25, -0.2) is 0 Å². The third-order valence-electron chi connectivity index (χ3n) is 1.86. The minimum atomic E-state index is -4.39. The monoisotopic (exact) mass is 263 g/mol. The lowest BCUT2D eigenvalue weighted by Crippen LogP contribution is -2.16. The van der Waals surface area contributed by atoms with Gasteiger partial charge < -0.3 is 15.0 Å². The second-order valence-corrected chi connectivity index (χ2v) is 3.32. The minimum absolute atomic E-state index is 0.00477. The number of rotatable bonds is 4. The van der Waals surface area contributed by atoms with Gasteiger partial charge in [0.25, 0.3) is 5.89 Å². The lowest BCUT2D eigenvalue weighted by molar-refractivity contribution is -0.177. The van der Waals surface area contributed by atoms with Gasteiger partial charge in [-0.15, -0.1) is 0 Å². The molecule has 2 rings (SSSR count). The Morgan fingerprint density at radius 3 is 2.83 bits per heavy atom. The zero-order valence-corrected chi connectivity index (χ0v) is 8.86. The maximum atomic E-state index is 11.8. The van der Waals surface area contributed by atoms with Crippen molar-refractivity contribution in [2.24, 2.45) is 0 Å². The number of hydrogen-bond acceptors (Lipinski definition) is 6. The van der Waals surface area contributed by atoms with Crippen LogP contribution in [0.2, 0.25) is 0 Å². The van der Waals surface area contributed by atoms with Gasteiger partial charge in [-0.05, 0) is 0 Å². The van der Waals surface area contributed by atoms with Gasteiger partial charge in [-0.1, -0.05) is 5.16 Å². The van der Waals surface area contributed by atoms with Gasteiger partial charge in [0.1, 0.15) is 24.6 Å². The molecule has 0 aromatic carbocycles. The van der Waals surface area contributed by atoms with E-state index in [4.69, 9.17) is 10.3 Å². The highest BCUT2D eigenvalue weighted by molar-refractivity contribution is 5.65. The number of aromatic nitrogens is 4. The lowest BCUT2D eigenvalue weighted by Gasteiger charge is -2.04. The first kappa shape index (κ1) is 12.4. The van der Waals surface area contributed by atoms with Gasteiger partial charge in [-0.3, -0.25) is 5.10 Å². The number of H-pyrrole nitrogens is 1. The molecule has 2 aromatic heterocycles. The summed E-state index contributed by atoms with van der Waals surface area (Å²) >= 11 is 0. The predicted octanol–water partition coefficient (Wildman–Crippen LogP) is 1.12. The van der Waals surface area contributed by atoms with Crippen molar-refractivity contribution in [1.82, 2.24) is 20.3 Å². The van der Waals surface area contributed by atoms with Gasteiger partial charge in [0.2, 0.25) is 0 Å². The van der Waals surface area contributed by atoms with Crippen LogP contribution in [0.4, 0.5) is 19.0 Å². The molecule has 0 fully saturated rings. The van der Waals surface area contributed by atoms with Crippen LogP contribution in [0.5, 0.6) is 0 Å². The molecule has 0 bridgehead atoms. The Morgan fingerprint density at radius 1 is 1.44 bits per heavy atom. The maximum absolute atomic E-state index is 11.8. The Kier molecular flexibility index (Phi) is 3.19. The molecule has 0 spiro atoms.